The molecule has 0 atom stereocenters. The van der Waals surface area contributed by atoms with Gasteiger partial charge in [0.25, 0.3) is 0 Å². The van der Waals surface area contributed by atoms with Gasteiger partial charge in [0.15, 0.2) is 0 Å². The van der Waals surface area contributed by atoms with Crippen LogP contribution in [-0.4, -0.2) is 25.2 Å². The highest BCUT2D eigenvalue weighted by atomic mass is 35.5. The molecule has 1 amide bonds. The van der Waals surface area contributed by atoms with E-state index in [9.17, 15) is 18.0 Å². The highest BCUT2D eigenvalue weighted by Gasteiger charge is 2.38. The number of amides is 1. The van der Waals surface area contributed by atoms with Crippen molar-refractivity contribution in [2.45, 2.75) is 19.3 Å². The predicted molar refractivity (Wildman–Crippen MR) is 111 cm³/mol. The number of anilines is 1. The predicted octanol–water partition coefficient (Wildman–Crippen LogP) is 5.25. The molecule has 0 aliphatic rings. The Morgan fingerprint density at radius 3 is 2.61 bits per heavy atom. The molecule has 2 aromatic carbocycles. The van der Waals surface area contributed by atoms with Gasteiger partial charge in [-0.2, -0.15) is 18.3 Å². The van der Waals surface area contributed by atoms with Gasteiger partial charge >= 0.3 is 6.18 Å². The highest BCUT2D eigenvalue weighted by molar-refractivity contribution is 6.35. The number of imidazole rings is 1. The fourth-order valence-electron chi connectivity index (χ4n) is 3.15. The monoisotopic (exact) mass is 467 g/mol. The summed E-state index contributed by atoms with van der Waals surface area (Å²) >= 11 is 12.1. The summed E-state index contributed by atoms with van der Waals surface area (Å²) in [6, 6.07) is 12.6. The first-order valence-corrected chi connectivity index (χ1v) is 9.76. The summed E-state index contributed by atoms with van der Waals surface area (Å²) in [5.41, 5.74) is 1.08. The number of para-hydroxylation sites is 2. The fourth-order valence-corrected chi connectivity index (χ4v) is 3.62. The number of carbonyl (C=O) groups is 1. The van der Waals surface area contributed by atoms with E-state index in [2.05, 4.69) is 15.4 Å². The largest absolute Gasteiger partial charge is 0.449 e. The van der Waals surface area contributed by atoms with Crippen LogP contribution in [-0.2, 0) is 24.1 Å². The number of hydrogen-bond donors (Lipinski definition) is 1. The lowest BCUT2D eigenvalue weighted by Gasteiger charge is -2.13. The summed E-state index contributed by atoms with van der Waals surface area (Å²) in [6.07, 6.45) is -3.24. The molecule has 1 N–H and O–H groups in total. The minimum absolute atomic E-state index is 0.157. The minimum Gasteiger partial charge on any atom is -0.311 e. The summed E-state index contributed by atoms with van der Waals surface area (Å²) in [5.74, 6) is -1.48. The number of benzene rings is 2. The van der Waals surface area contributed by atoms with Crippen LogP contribution < -0.4 is 5.32 Å². The van der Waals surface area contributed by atoms with E-state index in [-0.39, 0.29) is 17.6 Å². The van der Waals surface area contributed by atoms with E-state index in [0.717, 1.165) is 4.57 Å². The second-order valence-corrected chi connectivity index (χ2v) is 7.51. The van der Waals surface area contributed by atoms with Crippen molar-refractivity contribution in [1.82, 2.24) is 19.3 Å². The van der Waals surface area contributed by atoms with Crippen LogP contribution in [0.5, 0.6) is 0 Å². The molecule has 4 rings (SSSR count). The number of nitrogens with one attached hydrogen (secondary N) is 1. The zero-order valence-electron chi connectivity index (χ0n) is 15.7. The molecule has 160 valence electrons. The first-order chi connectivity index (χ1) is 14.7. The molecule has 0 saturated carbocycles. The number of rotatable bonds is 5. The quantitative estimate of drug-likeness (QED) is 0.436. The van der Waals surface area contributed by atoms with Crippen molar-refractivity contribution < 1.29 is 18.0 Å². The fraction of sp³-hybridized carbons (Fsp3) is 0.150. The second-order valence-electron chi connectivity index (χ2n) is 6.67. The summed E-state index contributed by atoms with van der Waals surface area (Å²) in [7, 11) is 0. The Bertz CT molecular complexity index is 1270. The van der Waals surface area contributed by atoms with Crippen LogP contribution in [0.1, 0.15) is 11.4 Å². The van der Waals surface area contributed by atoms with Gasteiger partial charge in [-0.25, -0.2) is 9.67 Å². The Hall–Kier alpha value is -3.04. The van der Waals surface area contributed by atoms with Crippen molar-refractivity contribution in [3.05, 3.63) is 76.2 Å². The van der Waals surface area contributed by atoms with Crippen molar-refractivity contribution in [2.75, 3.05) is 5.32 Å². The molecule has 0 spiro atoms. The third-order valence-electron chi connectivity index (χ3n) is 4.53. The zero-order chi connectivity index (χ0) is 22.2. The maximum absolute atomic E-state index is 13.4. The molecule has 2 aromatic heterocycles. The van der Waals surface area contributed by atoms with Crippen molar-refractivity contribution in [2.24, 2.45) is 0 Å². The van der Waals surface area contributed by atoms with Gasteiger partial charge in [-0.15, -0.1) is 0 Å². The molecule has 0 unspecified atom stereocenters. The summed E-state index contributed by atoms with van der Waals surface area (Å²) in [4.78, 5) is 16.2. The molecule has 0 aliphatic carbocycles. The Balaban J connectivity index is 1.57. The third-order valence-corrected chi connectivity index (χ3v) is 5.12. The Labute approximate surface area is 184 Å². The van der Waals surface area contributed by atoms with Crippen LogP contribution in [0, 0.1) is 0 Å². The lowest BCUT2D eigenvalue weighted by atomic mass is 10.2. The molecule has 0 aliphatic heterocycles. The van der Waals surface area contributed by atoms with Gasteiger partial charge in [-0.3, -0.25) is 4.79 Å². The van der Waals surface area contributed by atoms with Gasteiger partial charge in [-0.1, -0.05) is 41.4 Å². The van der Waals surface area contributed by atoms with Crippen LogP contribution in [0.15, 0.2) is 54.7 Å². The molecule has 0 fully saturated rings. The van der Waals surface area contributed by atoms with E-state index in [1.165, 1.54) is 23.0 Å². The number of nitrogens with zero attached hydrogens (tertiary/aromatic N) is 4. The van der Waals surface area contributed by atoms with E-state index in [1.54, 1.807) is 36.4 Å². The lowest BCUT2D eigenvalue weighted by molar-refractivity contribution is -0.147. The van der Waals surface area contributed by atoms with Gasteiger partial charge in [0.05, 0.1) is 23.8 Å². The molecule has 0 saturated heterocycles. The van der Waals surface area contributed by atoms with E-state index >= 15 is 0 Å². The van der Waals surface area contributed by atoms with Crippen molar-refractivity contribution in [1.29, 1.82) is 0 Å². The number of fused-ring (bicyclic) bond motifs is 1. The Morgan fingerprint density at radius 1 is 1.10 bits per heavy atom. The molecule has 2 heterocycles. The molecule has 0 bridgehead atoms. The highest BCUT2D eigenvalue weighted by Crippen LogP contribution is 2.31. The number of hydrogen-bond acceptors (Lipinski definition) is 3. The maximum Gasteiger partial charge on any atom is 0.449 e. The number of carbonyl (C=O) groups excluding carboxylic acids is 1. The maximum atomic E-state index is 13.4. The van der Waals surface area contributed by atoms with Crippen molar-refractivity contribution in [3.63, 3.8) is 0 Å². The average molecular weight is 468 g/mol. The molecule has 0 radical (unpaired) electrons. The first-order valence-electron chi connectivity index (χ1n) is 9.00. The third kappa shape index (κ3) is 4.52. The van der Waals surface area contributed by atoms with Crippen molar-refractivity contribution >= 4 is 46.0 Å². The average Bonchev–Trinajstić information content (AvgIpc) is 3.28. The van der Waals surface area contributed by atoms with E-state index in [4.69, 9.17) is 23.2 Å². The van der Waals surface area contributed by atoms with Gasteiger partial charge in [0, 0.05) is 16.1 Å². The topological polar surface area (TPSA) is 64.7 Å². The second kappa shape index (κ2) is 8.24. The number of halogens is 5. The van der Waals surface area contributed by atoms with Crippen LogP contribution in [0.2, 0.25) is 10.0 Å². The Kier molecular flexibility index (Phi) is 5.63. The number of alkyl halides is 3. The van der Waals surface area contributed by atoms with Crippen LogP contribution in [0.3, 0.4) is 0 Å². The zero-order valence-corrected chi connectivity index (χ0v) is 17.2. The first kappa shape index (κ1) is 21.2. The van der Waals surface area contributed by atoms with Crippen molar-refractivity contribution in [3.8, 4) is 0 Å². The number of aromatic nitrogens is 4. The van der Waals surface area contributed by atoms with E-state index < -0.39 is 24.5 Å². The molecule has 11 heteroatoms. The van der Waals surface area contributed by atoms with Crippen LogP contribution >= 0.6 is 23.2 Å². The summed E-state index contributed by atoms with van der Waals surface area (Å²) in [5, 5.41) is 7.66. The van der Waals surface area contributed by atoms with Gasteiger partial charge < -0.3 is 9.88 Å². The van der Waals surface area contributed by atoms with Gasteiger partial charge in [0.2, 0.25) is 11.7 Å². The van der Waals surface area contributed by atoms with Gasteiger partial charge in [-0.05, 0) is 29.8 Å². The van der Waals surface area contributed by atoms with Crippen LogP contribution in [0.4, 0.5) is 19.0 Å². The molecular weight excluding hydrogens is 454 g/mol. The molecular formula is C20H14Cl2F3N5O. The van der Waals surface area contributed by atoms with Gasteiger partial charge in [0.1, 0.15) is 12.4 Å². The van der Waals surface area contributed by atoms with E-state index in [0.29, 0.717) is 21.4 Å². The van der Waals surface area contributed by atoms with Crippen LogP contribution in [0.25, 0.3) is 11.0 Å². The summed E-state index contributed by atoms with van der Waals surface area (Å²) < 4.78 is 42.6. The molecule has 31 heavy (non-hydrogen) atoms. The summed E-state index contributed by atoms with van der Waals surface area (Å²) in [6.45, 7) is -0.331. The SMILES string of the molecule is O=C(Cn1c(C(F)(F)F)nc2ccccc21)Nc1ccnn1Cc1ccc(Cl)cc1Cl. The minimum atomic E-state index is -4.70. The molecule has 6 nitrogen and oxygen atoms in total. The standard InChI is InChI=1S/C20H14Cl2F3N5O/c21-13-6-5-12(14(22)9-13)10-30-17(7-8-26-30)28-18(31)11-29-16-4-2-1-3-15(16)27-19(29)20(23,24)25/h1-9H,10-11H2,(H,28,31). The lowest BCUT2D eigenvalue weighted by Crippen LogP contribution is -2.24. The normalized spacial score (nSPS) is 11.8. The van der Waals surface area contributed by atoms with E-state index in [1.807, 2.05) is 0 Å². The smallest absolute Gasteiger partial charge is 0.311 e. The molecule has 4 aromatic rings. The Morgan fingerprint density at radius 2 is 1.87 bits per heavy atom.